The van der Waals surface area contributed by atoms with E-state index in [1.807, 2.05) is 32.9 Å². The number of carbonyl (C=O) groups excluding carboxylic acids is 1. The lowest BCUT2D eigenvalue weighted by atomic mass is 10.2. The average Bonchev–Trinajstić information content (AvgIpc) is 2.89. The van der Waals surface area contributed by atoms with Gasteiger partial charge in [0.1, 0.15) is 5.60 Å². The van der Waals surface area contributed by atoms with Crippen molar-refractivity contribution in [1.29, 1.82) is 0 Å². The Hall–Kier alpha value is -1.62. The maximum atomic E-state index is 11.9. The van der Waals surface area contributed by atoms with Crippen LogP contribution < -0.4 is 15.4 Å². The van der Waals surface area contributed by atoms with Crippen LogP contribution in [0.1, 0.15) is 39.2 Å². The van der Waals surface area contributed by atoms with Gasteiger partial charge in [0.05, 0.1) is 6.04 Å². The van der Waals surface area contributed by atoms with E-state index >= 15 is 0 Å². The Morgan fingerprint density at radius 3 is 2.85 bits per heavy atom. The van der Waals surface area contributed by atoms with Crippen LogP contribution >= 0.6 is 0 Å². The summed E-state index contributed by atoms with van der Waals surface area (Å²) in [4.78, 5) is 16.1. The van der Waals surface area contributed by atoms with Crippen molar-refractivity contribution in [2.75, 3.05) is 6.54 Å². The van der Waals surface area contributed by atoms with Gasteiger partial charge in [0, 0.05) is 18.8 Å². The molecule has 1 atom stereocenters. The van der Waals surface area contributed by atoms with E-state index in [0.717, 1.165) is 24.9 Å². The molecule has 5 heteroatoms. The van der Waals surface area contributed by atoms with Crippen molar-refractivity contribution in [1.82, 2.24) is 15.6 Å². The Kier molecular flexibility index (Phi) is 4.60. The normalized spacial score (nSPS) is 18.9. The van der Waals surface area contributed by atoms with Gasteiger partial charge in [0.15, 0.2) is 0 Å². The largest absolute Gasteiger partial charge is 0.472 e. The van der Waals surface area contributed by atoms with E-state index in [0.29, 0.717) is 12.4 Å². The first-order chi connectivity index (χ1) is 9.44. The van der Waals surface area contributed by atoms with Crippen molar-refractivity contribution in [3.05, 3.63) is 23.9 Å². The number of nitrogens with zero attached hydrogens (tertiary/aromatic N) is 1. The van der Waals surface area contributed by atoms with Crippen LogP contribution in [0.15, 0.2) is 18.3 Å². The average molecular weight is 277 g/mol. The van der Waals surface area contributed by atoms with Gasteiger partial charge in [-0.15, -0.1) is 0 Å². The lowest BCUT2D eigenvalue weighted by molar-refractivity contribution is -0.122. The van der Waals surface area contributed by atoms with Crippen LogP contribution in [0.2, 0.25) is 0 Å². The van der Waals surface area contributed by atoms with Crippen LogP contribution in [-0.4, -0.2) is 29.1 Å². The summed E-state index contributed by atoms with van der Waals surface area (Å²) in [5, 5.41) is 6.11. The van der Waals surface area contributed by atoms with Crippen LogP contribution in [0.25, 0.3) is 0 Å². The van der Waals surface area contributed by atoms with Crippen molar-refractivity contribution in [2.45, 2.75) is 51.8 Å². The molecule has 1 amide bonds. The summed E-state index contributed by atoms with van der Waals surface area (Å²) < 4.78 is 5.66. The van der Waals surface area contributed by atoms with Gasteiger partial charge in [-0.05, 0) is 45.7 Å². The van der Waals surface area contributed by atoms with Crippen LogP contribution in [0.4, 0.5) is 0 Å². The summed E-state index contributed by atoms with van der Waals surface area (Å²) in [7, 11) is 0. The van der Waals surface area contributed by atoms with Crippen molar-refractivity contribution in [3.8, 4) is 5.88 Å². The summed E-state index contributed by atoms with van der Waals surface area (Å²) in [5.74, 6) is 0.669. The zero-order valence-electron chi connectivity index (χ0n) is 12.4. The fourth-order valence-corrected chi connectivity index (χ4v) is 2.11. The lowest BCUT2D eigenvalue weighted by Gasteiger charge is -2.20. The molecule has 1 saturated heterocycles. The Balaban J connectivity index is 1.83. The highest BCUT2D eigenvalue weighted by Gasteiger charge is 2.21. The van der Waals surface area contributed by atoms with E-state index in [4.69, 9.17) is 4.74 Å². The predicted molar refractivity (Wildman–Crippen MR) is 77.5 cm³/mol. The van der Waals surface area contributed by atoms with Gasteiger partial charge < -0.3 is 15.4 Å². The molecule has 0 aliphatic carbocycles. The molecule has 0 aromatic carbocycles. The van der Waals surface area contributed by atoms with Gasteiger partial charge in [-0.1, -0.05) is 6.07 Å². The highest BCUT2D eigenvalue weighted by molar-refractivity contribution is 5.81. The summed E-state index contributed by atoms with van der Waals surface area (Å²) in [5.41, 5.74) is 0.717. The van der Waals surface area contributed by atoms with E-state index in [9.17, 15) is 4.79 Å². The summed E-state index contributed by atoms with van der Waals surface area (Å²) in [6, 6.07) is 3.73. The number of hydrogen-bond acceptors (Lipinski definition) is 4. The quantitative estimate of drug-likeness (QED) is 0.878. The number of ether oxygens (including phenoxy) is 1. The smallest absolute Gasteiger partial charge is 0.237 e. The topological polar surface area (TPSA) is 63.2 Å². The molecule has 2 N–H and O–H groups in total. The molecule has 1 unspecified atom stereocenters. The first-order valence-electron chi connectivity index (χ1n) is 7.09. The summed E-state index contributed by atoms with van der Waals surface area (Å²) in [6.07, 6.45) is 3.73. The summed E-state index contributed by atoms with van der Waals surface area (Å²) in [6.45, 7) is 7.38. The lowest BCUT2D eigenvalue weighted by Crippen LogP contribution is -2.40. The molecule has 20 heavy (non-hydrogen) atoms. The number of amides is 1. The highest BCUT2D eigenvalue weighted by Crippen LogP contribution is 2.15. The van der Waals surface area contributed by atoms with Gasteiger partial charge >= 0.3 is 0 Å². The van der Waals surface area contributed by atoms with E-state index in [2.05, 4.69) is 15.6 Å². The fraction of sp³-hybridized carbons (Fsp3) is 0.600. The molecule has 1 aromatic rings. The standard InChI is InChI=1S/C15H23N3O2/c1-15(2,3)20-13-7-6-11(9-17-13)10-18-14(19)12-5-4-8-16-12/h6-7,9,12,16H,4-5,8,10H2,1-3H3,(H,18,19). The van der Waals surface area contributed by atoms with E-state index < -0.39 is 0 Å². The Morgan fingerprint density at radius 2 is 2.30 bits per heavy atom. The molecule has 1 aromatic heterocycles. The maximum Gasteiger partial charge on any atom is 0.237 e. The molecule has 2 heterocycles. The molecule has 2 rings (SSSR count). The van der Waals surface area contributed by atoms with Crippen LogP contribution in [-0.2, 0) is 11.3 Å². The second-order valence-electron chi connectivity index (χ2n) is 6.09. The van der Waals surface area contributed by atoms with E-state index in [1.54, 1.807) is 6.20 Å². The second-order valence-corrected chi connectivity index (χ2v) is 6.09. The number of pyridine rings is 1. The first-order valence-corrected chi connectivity index (χ1v) is 7.09. The Bertz CT molecular complexity index is 445. The highest BCUT2D eigenvalue weighted by atomic mass is 16.5. The third kappa shape index (κ3) is 4.49. The predicted octanol–water partition coefficient (Wildman–Crippen LogP) is 1.63. The minimum absolute atomic E-state index is 0.0357. The molecule has 0 bridgehead atoms. The number of aromatic nitrogens is 1. The van der Waals surface area contributed by atoms with Gasteiger partial charge in [0.25, 0.3) is 0 Å². The minimum Gasteiger partial charge on any atom is -0.472 e. The molecule has 1 fully saturated rings. The first kappa shape index (κ1) is 14.8. The molecular formula is C15H23N3O2. The van der Waals surface area contributed by atoms with Crippen LogP contribution in [0.5, 0.6) is 5.88 Å². The third-order valence-corrected chi connectivity index (χ3v) is 3.05. The minimum atomic E-state index is -0.253. The zero-order valence-corrected chi connectivity index (χ0v) is 12.4. The van der Waals surface area contributed by atoms with Crippen molar-refractivity contribution in [2.24, 2.45) is 0 Å². The van der Waals surface area contributed by atoms with Gasteiger partial charge in [-0.25, -0.2) is 4.98 Å². The van der Waals surface area contributed by atoms with Crippen LogP contribution in [0.3, 0.4) is 0 Å². The molecule has 0 radical (unpaired) electrons. The van der Waals surface area contributed by atoms with Gasteiger partial charge in [-0.2, -0.15) is 0 Å². The molecular weight excluding hydrogens is 254 g/mol. The number of hydrogen-bond donors (Lipinski definition) is 2. The van der Waals surface area contributed by atoms with Crippen molar-refractivity contribution >= 4 is 5.91 Å². The molecule has 0 spiro atoms. The zero-order chi connectivity index (χ0) is 14.6. The van der Waals surface area contributed by atoms with Gasteiger partial charge in [-0.3, -0.25) is 4.79 Å². The molecule has 5 nitrogen and oxygen atoms in total. The number of rotatable bonds is 4. The molecule has 1 aliphatic rings. The number of nitrogens with one attached hydrogen (secondary N) is 2. The Labute approximate surface area is 120 Å². The third-order valence-electron chi connectivity index (χ3n) is 3.05. The van der Waals surface area contributed by atoms with E-state index in [-0.39, 0.29) is 17.6 Å². The SMILES string of the molecule is CC(C)(C)Oc1ccc(CNC(=O)C2CCCN2)cn1. The number of carbonyl (C=O) groups is 1. The van der Waals surface area contributed by atoms with Crippen molar-refractivity contribution < 1.29 is 9.53 Å². The molecule has 0 saturated carbocycles. The van der Waals surface area contributed by atoms with Crippen LogP contribution in [0, 0.1) is 0 Å². The summed E-state index contributed by atoms with van der Waals surface area (Å²) >= 11 is 0. The molecule has 1 aliphatic heterocycles. The molecule has 110 valence electrons. The second kappa shape index (κ2) is 6.22. The van der Waals surface area contributed by atoms with Gasteiger partial charge in [0.2, 0.25) is 11.8 Å². The fourth-order valence-electron chi connectivity index (χ4n) is 2.11. The van der Waals surface area contributed by atoms with E-state index in [1.165, 1.54) is 0 Å². The Morgan fingerprint density at radius 1 is 1.50 bits per heavy atom. The maximum absolute atomic E-state index is 11.9. The monoisotopic (exact) mass is 277 g/mol. The van der Waals surface area contributed by atoms with Crippen molar-refractivity contribution in [3.63, 3.8) is 0 Å².